The third-order valence-corrected chi connectivity index (χ3v) is 3.31. The van der Waals surface area contributed by atoms with Crippen molar-refractivity contribution in [2.45, 2.75) is 18.9 Å². The summed E-state index contributed by atoms with van der Waals surface area (Å²) in [4.78, 5) is 4.15. The number of fused-ring (bicyclic) bond motifs is 1. The number of aromatic nitrogens is 3. The van der Waals surface area contributed by atoms with Crippen LogP contribution in [0.25, 0.3) is 22.6 Å². The highest BCUT2D eigenvalue weighted by molar-refractivity contribution is 5.88. The van der Waals surface area contributed by atoms with Crippen molar-refractivity contribution in [3.05, 3.63) is 24.1 Å². The van der Waals surface area contributed by atoms with Gasteiger partial charge in [-0.25, -0.2) is 0 Å². The monoisotopic (exact) mass is 272 g/mol. The van der Waals surface area contributed by atoms with Gasteiger partial charge in [-0.1, -0.05) is 6.07 Å². The lowest BCUT2D eigenvalue weighted by atomic mass is 10.2. The smallest absolute Gasteiger partial charge is 0.293 e. The second-order valence-corrected chi connectivity index (χ2v) is 4.65. The van der Waals surface area contributed by atoms with E-state index in [2.05, 4.69) is 15.2 Å². The van der Waals surface area contributed by atoms with E-state index in [0.717, 1.165) is 19.4 Å². The molecule has 3 heterocycles. The summed E-state index contributed by atoms with van der Waals surface area (Å²) in [6.07, 6.45) is 1.82. The van der Waals surface area contributed by atoms with E-state index in [4.69, 9.17) is 19.3 Å². The van der Waals surface area contributed by atoms with Crippen LogP contribution in [0, 0.1) is 0 Å². The van der Waals surface area contributed by atoms with Gasteiger partial charge in [0, 0.05) is 6.61 Å². The Hall–Kier alpha value is -2.41. The maximum absolute atomic E-state index is 5.70. The molecule has 0 aliphatic carbocycles. The number of hydrogen-bond donors (Lipinski definition) is 1. The number of ether oxygens (including phenoxy) is 1. The van der Waals surface area contributed by atoms with Crippen LogP contribution in [0.3, 0.4) is 0 Å². The summed E-state index contributed by atoms with van der Waals surface area (Å²) in [5, 5.41) is 8.13. The molecule has 20 heavy (non-hydrogen) atoms. The van der Waals surface area contributed by atoms with E-state index in [9.17, 15) is 0 Å². The molecule has 0 bridgehead atoms. The van der Waals surface area contributed by atoms with E-state index in [1.54, 1.807) is 6.07 Å². The minimum absolute atomic E-state index is 0.0992. The molecule has 3 aromatic rings. The minimum Gasteiger partial charge on any atom is -0.424 e. The maximum atomic E-state index is 5.70. The standard InChI is InChI=1S/C13H12N4O3/c14-13-15-10-7(3-1-4-8(10)19-13)11-16-17-12(20-11)9-5-2-6-18-9/h1,3-4,9H,2,5-6H2,(H2,14,15). The molecule has 1 fully saturated rings. The predicted octanol–water partition coefficient (Wildman–Crippen LogP) is 2.31. The van der Waals surface area contributed by atoms with Gasteiger partial charge in [0.2, 0.25) is 11.8 Å². The van der Waals surface area contributed by atoms with Gasteiger partial charge < -0.3 is 19.3 Å². The van der Waals surface area contributed by atoms with Crippen molar-refractivity contribution < 1.29 is 13.6 Å². The molecular weight excluding hydrogens is 260 g/mol. The van der Waals surface area contributed by atoms with Gasteiger partial charge in [-0.15, -0.1) is 10.2 Å². The number of nitrogens with zero attached hydrogens (tertiary/aromatic N) is 3. The normalized spacial score (nSPS) is 18.9. The number of para-hydroxylation sites is 1. The zero-order valence-electron chi connectivity index (χ0n) is 10.6. The largest absolute Gasteiger partial charge is 0.424 e. The molecule has 0 spiro atoms. The highest BCUT2D eigenvalue weighted by Crippen LogP contribution is 2.32. The molecule has 2 aromatic heterocycles. The van der Waals surface area contributed by atoms with Gasteiger partial charge in [0.05, 0.1) is 5.56 Å². The third kappa shape index (κ3) is 1.75. The van der Waals surface area contributed by atoms with Gasteiger partial charge in [-0.2, -0.15) is 4.98 Å². The van der Waals surface area contributed by atoms with Crippen LogP contribution in [0.5, 0.6) is 0 Å². The van der Waals surface area contributed by atoms with E-state index in [-0.39, 0.29) is 12.1 Å². The Labute approximate surface area is 113 Å². The summed E-state index contributed by atoms with van der Waals surface area (Å²) < 4.78 is 16.5. The lowest BCUT2D eigenvalue weighted by Gasteiger charge is -2.01. The average Bonchev–Trinajstić information content (AvgIpc) is 3.17. The minimum atomic E-state index is -0.0992. The van der Waals surface area contributed by atoms with E-state index < -0.39 is 0 Å². The predicted molar refractivity (Wildman–Crippen MR) is 69.6 cm³/mol. The summed E-state index contributed by atoms with van der Waals surface area (Å²) in [5.41, 5.74) is 7.50. The Morgan fingerprint density at radius 1 is 1.20 bits per heavy atom. The van der Waals surface area contributed by atoms with Gasteiger partial charge in [0.25, 0.3) is 6.01 Å². The molecule has 7 heteroatoms. The first-order valence-corrected chi connectivity index (χ1v) is 6.41. The zero-order valence-corrected chi connectivity index (χ0v) is 10.6. The molecule has 0 amide bonds. The van der Waals surface area contributed by atoms with Crippen LogP contribution >= 0.6 is 0 Å². The number of nitrogen functional groups attached to an aromatic ring is 1. The fraction of sp³-hybridized carbons (Fsp3) is 0.308. The number of benzene rings is 1. The van der Waals surface area contributed by atoms with Crippen LogP contribution in [0.4, 0.5) is 6.01 Å². The number of nitrogens with two attached hydrogens (primary N) is 1. The number of oxazole rings is 1. The molecule has 1 unspecified atom stereocenters. The Kier molecular flexibility index (Phi) is 2.46. The zero-order chi connectivity index (χ0) is 13.5. The van der Waals surface area contributed by atoms with E-state index in [0.29, 0.717) is 28.4 Å². The molecule has 0 saturated carbocycles. The van der Waals surface area contributed by atoms with Crippen LogP contribution in [0.15, 0.2) is 27.0 Å². The van der Waals surface area contributed by atoms with Gasteiger partial charge in [-0.05, 0) is 25.0 Å². The first-order valence-electron chi connectivity index (χ1n) is 6.41. The van der Waals surface area contributed by atoms with Crippen molar-refractivity contribution >= 4 is 17.1 Å². The van der Waals surface area contributed by atoms with Gasteiger partial charge in [0.1, 0.15) is 11.6 Å². The summed E-state index contributed by atoms with van der Waals surface area (Å²) in [7, 11) is 0. The van der Waals surface area contributed by atoms with Crippen molar-refractivity contribution in [2.24, 2.45) is 0 Å². The summed E-state index contributed by atoms with van der Waals surface area (Å²) in [6, 6.07) is 5.58. The first-order chi connectivity index (χ1) is 9.81. The number of rotatable bonds is 2. The topological polar surface area (TPSA) is 100 Å². The highest BCUT2D eigenvalue weighted by atomic mass is 16.5. The van der Waals surface area contributed by atoms with E-state index in [1.165, 1.54) is 0 Å². The molecule has 1 saturated heterocycles. The summed E-state index contributed by atoms with van der Waals surface area (Å²) in [6.45, 7) is 0.734. The molecule has 2 N–H and O–H groups in total. The summed E-state index contributed by atoms with van der Waals surface area (Å²) in [5.74, 6) is 0.903. The van der Waals surface area contributed by atoms with Crippen LogP contribution < -0.4 is 5.73 Å². The number of anilines is 1. The van der Waals surface area contributed by atoms with Crippen molar-refractivity contribution in [3.8, 4) is 11.5 Å². The quantitative estimate of drug-likeness (QED) is 0.763. The first kappa shape index (κ1) is 11.4. The van der Waals surface area contributed by atoms with E-state index >= 15 is 0 Å². The second kappa shape index (κ2) is 4.31. The SMILES string of the molecule is Nc1nc2c(-c3nnc(C4CCCO4)o3)cccc2o1. The fourth-order valence-electron chi connectivity index (χ4n) is 2.38. The summed E-state index contributed by atoms with van der Waals surface area (Å²) >= 11 is 0. The Bertz CT molecular complexity index is 758. The van der Waals surface area contributed by atoms with Crippen LogP contribution in [0.2, 0.25) is 0 Å². The Morgan fingerprint density at radius 2 is 2.15 bits per heavy atom. The molecule has 0 radical (unpaired) electrons. The van der Waals surface area contributed by atoms with Crippen LogP contribution in [-0.4, -0.2) is 21.8 Å². The van der Waals surface area contributed by atoms with Crippen LogP contribution in [0.1, 0.15) is 24.8 Å². The van der Waals surface area contributed by atoms with Gasteiger partial charge >= 0.3 is 0 Å². The third-order valence-electron chi connectivity index (χ3n) is 3.31. The molecule has 102 valence electrons. The molecule has 1 atom stereocenters. The molecule has 1 aliphatic rings. The van der Waals surface area contributed by atoms with Crippen LogP contribution in [-0.2, 0) is 4.74 Å². The molecular formula is C13H12N4O3. The maximum Gasteiger partial charge on any atom is 0.293 e. The number of hydrogen-bond acceptors (Lipinski definition) is 7. The molecule has 7 nitrogen and oxygen atoms in total. The lowest BCUT2D eigenvalue weighted by molar-refractivity contribution is 0.0896. The van der Waals surface area contributed by atoms with E-state index in [1.807, 2.05) is 12.1 Å². The van der Waals surface area contributed by atoms with Gasteiger partial charge in [0.15, 0.2) is 5.58 Å². The average molecular weight is 272 g/mol. The van der Waals surface area contributed by atoms with Crippen molar-refractivity contribution in [2.75, 3.05) is 12.3 Å². The van der Waals surface area contributed by atoms with Gasteiger partial charge in [-0.3, -0.25) is 0 Å². The molecule has 4 rings (SSSR count). The highest BCUT2D eigenvalue weighted by Gasteiger charge is 2.24. The molecule has 1 aromatic carbocycles. The molecule has 1 aliphatic heterocycles. The van der Waals surface area contributed by atoms with Crippen molar-refractivity contribution in [3.63, 3.8) is 0 Å². The lowest BCUT2D eigenvalue weighted by Crippen LogP contribution is -1.95. The second-order valence-electron chi connectivity index (χ2n) is 4.65. The van der Waals surface area contributed by atoms with Crippen molar-refractivity contribution in [1.82, 2.24) is 15.2 Å². The fourth-order valence-corrected chi connectivity index (χ4v) is 2.38. The Morgan fingerprint density at radius 3 is 3.00 bits per heavy atom. The van der Waals surface area contributed by atoms with Crippen molar-refractivity contribution in [1.29, 1.82) is 0 Å². The Balaban J connectivity index is 1.79.